The van der Waals surface area contributed by atoms with Crippen LogP contribution in [0.15, 0.2) is 0 Å². The van der Waals surface area contributed by atoms with Crippen molar-refractivity contribution in [1.82, 2.24) is 4.98 Å². The number of pyridine rings is 1. The molecule has 6 heteroatoms. The Morgan fingerprint density at radius 3 is 2.25 bits per heavy atom. The van der Waals surface area contributed by atoms with Crippen LogP contribution in [0.3, 0.4) is 0 Å². The first-order valence-electron chi connectivity index (χ1n) is 6.44. The lowest BCUT2D eigenvalue weighted by molar-refractivity contribution is 0.0635. The van der Waals surface area contributed by atoms with E-state index in [-0.39, 0.29) is 16.4 Å². The van der Waals surface area contributed by atoms with Crippen LogP contribution in [-0.4, -0.2) is 16.7 Å². The van der Waals surface area contributed by atoms with Crippen LogP contribution in [0.4, 0.5) is 14.9 Å². The molecule has 0 aliphatic rings. The lowest BCUT2D eigenvalue weighted by atomic mass is 10.2. The highest BCUT2D eigenvalue weighted by molar-refractivity contribution is 6.29. The van der Waals surface area contributed by atoms with Gasteiger partial charge in [0, 0.05) is 5.56 Å². The number of halogens is 2. The predicted octanol–water partition coefficient (Wildman–Crippen LogP) is 4.86. The number of anilines is 1. The summed E-state index contributed by atoms with van der Waals surface area (Å²) in [6, 6.07) is 0. The second kappa shape index (κ2) is 7.43. The van der Waals surface area contributed by atoms with Crippen LogP contribution in [0, 0.1) is 19.7 Å². The average molecular weight is 305 g/mol. The molecule has 0 atom stereocenters. The number of aromatic nitrogens is 1. The number of nitrogens with zero attached hydrogens (tertiary/aromatic N) is 1. The largest absolute Gasteiger partial charge is 0.444 e. The Balaban J connectivity index is 0.00000172. The number of rotatable bonds is 1. The molecule has 0 aliphatic heterocycles. The zero-order valence-electron chi connectivity index (χ0n) is 13.0. The quantitative estimate of drug-likeness (QED) is 0.753. The smallest absolute Gasteiger partial charge is 0.412 e. The van der Waals surface area contributed by atoms with E-state index in [9.17, 15) is 9.18 Å². The molecule has 0 saturated carbocycles. The number of carbonyl (C=O) groups is 1. The molecule has 0 aliphatic carbocycles. The van der Waals surface area contributed by atoms with Gasteiger partial charge in [0.2, 0.25) is 0 Å². The molecule has 1 aromatic rings. The number of hydrogen-bond donors (Lipinski definition) is 1. The van der Waals surface area contributed by atoms with Gasteiger partial charge in [0.1, 0.15) is 5.60 Å². The maximum absolute atomic E-state index is 13.6. The lowest BCUT2D eigenvalue weighted by Gasteiger charge is -2.20. The third kappa shape index (κ3) is 5.33. The SMILES string of the molecule is CC.Cc1nc(Cl)c(F)c(C)c1NC(=O)OC(C)(C)C. The highest BCUT2D eigenvalue weighted by atomic mass is 35.5. The first-order valence-corrected chi connectivity index (χ1v) is 6.82. The van der Waals surface area contributed by atoms with Gasteiger partial charge < -0.3 is 4.74 Å². The van der Waals surface area contributed by atoms with Crippen molar-refractivity contribution in [2.75, 3.05) is 5.32 Å². The van der Waals surface area contributed by atoms with Crippen molar-refractivity contribution >= 4 is 23.4 Å². The van der Waals surface area contributed by atoms with Crippen LogP contribution in [0.5, 0.6) is 0 Å². The summed E-state index contributed by atoms with van der Waals surface area (Å²) in [4.78, 5) is 15.4. The zero-order valence-corrected chi connectivity index (χ0v) is 13.8. The summed E-state index contributed by atoms with van der Waals surface area (Å²) in [5.41, 5.74) is 0.332. The normalized spacial score (nSPS) is 10.4. The standard InChI is InChI=1S/C12H16ClFN2O2.C2H6/c1-6-8(14)10(13)15-7(2)9(6)16-11(17)18-12(3,4)5;1-2/h1-5H3,(H,16,17);1-2H3. The fourth-order valence-corrected chi connectivity index (χ4v) is 1.65. The molecule has 114 valence electrons. The molecular formula is C14H22ClFN2O2. The summed E-state index contributed by atoms with van der Waals surface area (Å²) >= 11 is 5.60. The second-order valence-electron chi connectivity index (χ2n) is 4.93. The molecule has 1 aromatic heterocycles. The number of nitrogens with one attached hydrogen (secondary N) is 1. The minimum Gasteiger partial charge on any atom is -0.444 e. The monoisotopic (exact) mass is 304 g/mol. The molecule has 0 fully saturated rings. The minimum absolute atomic E-state index is 0.209. The summed E-state index contributed by atoms with van der Waals surface area (Å²) in [6.45, 7) is 12.4. The Kier molecular flexibility index (Phi) is 6.92. The number of carbonyl (C=O) groups excluding carboxylic acids is 1. The Hall–Kier alpha value is -1.36. The van der Waals surface area contributed by atoms with Gasteiger partial charge >= 0.3 is 6.09 Å². The predicted molar refractivity (Wildman–Crippen MR) is 79.9 cm³/mol. The third-order valence-electron chi connectivity index (χ3n) is 2.14. The molecule has 1 rings (SSSR count). The maximum Gasteiger partial charge on any atom is 0.412 e. The van der Waals surface area contributed by atoms with Gasteiger partial charge in [0.25, 0.3) is 0 Å². The van der Waals surface area contributed by atoms with Crippen molar-refractivity contribution in [3.8, 4) is 0 Å². The van der Waals surface area contributed by atoms with E-state index in [1.807, 2.05) is 13.8 Å². The van der Waals surface area contributed by atoms with E-state index in [1.165, 1.54) is 6.92 Å². The van der Waals surface area contributed by atoms with Crippen LogP contribution in [0.25, 0.3) is 0 Å². The minimum atomic E-state index is -0.655. The molecular weight excluding hydrogens is 283 g/mol. The van der Waals surface area contributed by atoms with Gasteiger partial charge in [-0.15, -0.1) is 0 Å². The molecule has 0 saturated heterocycles. The van der Waals surface area contributed by atoms with E-state index >= 15 is 0 Å². The van der Waals surface area contributed by atoms with Crippen LogP contribution in [-0.2, 0) is 4.74 Å². The highest BCUT2D eigenvalue weighted by Crippen LogP contribution is 2.26. The van der Waals surface area contributed by atoms with Crippen LogP contribution in [0.1, 0.15) is 45.9 Å². The molecule has 20 heavy (non-hydrogen) atoms. The first kappa shape index (κ1) is 18.6. The van der Waals surface area contributed by atoms with E-state index in [0.29, 0.717) is 5.69 Å². The number of aryl methyl sites for hydroxylation is 1. The summed E-state index contributed by atoms with van der Waals surface area (Å²) < 4.78 is 18.7. The summed E-state index contributed by atoms with van der Waals surface area (Å²) in [5.74, 6) is -0.645. The molecule has 1 N–H and O–H groups in total. The molecule has 0 unspecified atom stereocenters. The molecule has 0 radical (unpaired) electrons. The van der Waals surface area contributed by atoms with Gasteiger partial charge in [-0.3, -0.25) is 5.32 Å². The molecule has 0 aromatic carbocycles. The molecule has 0 bridgehead atoms. The Morgan fingerprint density at radius 1 is 1.30 bits per heavy atom. The van der Waals surface area contributed by atoms with Gasteiger partial charge in [-0.05, 0) is 34.6 Å². The molecule has 1 heterocycles. The molecule has 0 spiro atoms. The Bertz CT molecular complexity index is 485. The molecule has 4 nitrogen and oxygen atoms in total. The summed E-state index contributed by atoms with van der Waals surface area (Å²) in [5, 5.41) is 2.27. The van der Waals surface area contributed by atoms with Crippen molar-refractivity contribution in [2.24, 2.45) is 0 Å². The van der Waals surface area contributed by atoms with Crippen molar-refractivity contribution in [2.45, 2.75) is 54.1 Å². The summed E-state index contributed by atoms with van der Waals surface area (Å²) in [7, 11) is 0. The van der Waals surface area contributed by atoms with E-state index in [1.54, 1.807) is 27.7 Å². The van der Waals surface area contributed by atoms with Crippen LogP contribution < -0.4 is 5.32 Å². The van der Waals surface area contributed by atoms with Crippen molar-refractivity contribution in [1.29, 1.82) is 0 Å². The van der Waals surface area contributed by atoms with Crippen molar-refractivity contribution < 1.29 is 13.9 Å². The van der Waals surface area contributed by atoms with E-state index in [0.717, 1.165) is 0 Å². The molecule has 1 amide bonds. The van der Waals surface area contributed by atoms with E-state index in [2.05, 4.69) is 10.3 Å². The zero-order chi connectivity index (χ0) is 16.1. The van der Waals surface area contributed by atoms with E-state index < -0.39 is 17.5 Å². The van der Waals surface area contributed by atoms with Crippen LogP contribution >= 0.6 is 11.6 Å². The Labute approximate surface area is 124 Å². The first-order chi connectivity index (χ1) is 9.11. The summed E-state index contributed by atoms with van der Waals surface area (Å²) in [6.07, 6.45) is -0.655. The number of hydrogen-bond acceptors (Lipinski definition) is 3. The van der Waals surface area contributed by atoms with Gasteiger partial charge in [-0.1, -0.05) is 25.4 Å². The van der Waals surface area contributed by atoms with Gasteiger partial charge in [-0.2, -0.15) is 0 Å². The van der Waals surface area contributed by atoms with E-state index in [4.69, 9.17) is 16.3 Å². The Morgan fingerprint density at radius 2 is 1.80 bits per heavy atom. The average Bonchev–Trinajstić information content (AvgIpc) is 2.32. The highest BCUT2D eigenvalue weighted by Gasteiger charge is 2.20. The van der Waals surface area contributed by atoms with Crippen molar-refractivity contribution in [3.63, 3.8) is 0 Å². The van der Waals surface area contributed by atoms with Gasteiger partial charge in [0.05, 0.1) is 11.4 Å². The maximum atomic E-state index is 13.6. The fourth-order valence-electron chi connectivity index (χ4n) is 1.38. The van der Waals surface area contributed by atoms with Crippen molar-refractivity contribution in [3.05, 3.63) is 22.2 Å². The fraction of sp³-hybridized carbons (Fsp3) is 0.571. The third-order valence-corrected chi connectivity index (χ3v) is 2.39. The van der Waals surface area contributed by atoms with Crippen LogP contribution in [0.2, 0.25) is 5.15 Å². The second-order valence-corrected chi connectivity index (χ2v) is 5.29. The topological polar surface area (TPSA) is 51.2 Å². The van der Waals surface area contributed by atoms with Gasteiger partial charge in [0.15, 0.2) is 11.0 Å². The number of ether oxygens (including phenoxy) is 1. The number of amides is 1. The van der Waals surface area contributed by atoms with Gasteiger partial charge in [-0.25, -0.2) is 14.2 Å². The lowest BCUT2D eigenvalue weighted by Crippen LogP contribution is -2.28.